The fourth-order valence-corrected chi connectivity index (χ4v) is 2.55. The van der Waals surface area contributed by atoms with Gasteiger partial charge >= 0.3 is 0 Å². The first kappa shape index (κ1) is 12.2. The standard InChI is InChI=1S/C16H15F2N/c1-10-5-6-12-9-11(7-8-15(12)19-10)13-3-2-4-14(17)16(13)18/h2-4,7-10,19H,5-6H2,1H3. The van der Waals surface area contributed by atoms with Gasteiger partial charge in [-0.1, -0.05) is 18.2 Å². The minimum absolute atomic E-state index is 0.321. The van der Waals surface area contributed by atoms with E-state index in [9.17, 15) is 8.78 Å². The number of nitrogens with one attached hydrogen (secondary N) is 1. The van der Waals surface area contributed by atoms with E-state index < -0.39 is 11.6 Å². The van der Waals surface area contributed by atoms with E-state index in [1.54, 1.807) is 6.07 Å². The van der Waals surface area contributed by atoms with Crippen LogP contribution in [0, 0.1) is 11.6 Å². The number of rotatable bonds is 1. The van der Waals surface area contributed by atoms with Crippen molar-refractivity contribution in [1.29, 1.82) is 0 Å². The highest BCUT2D eigenvalue weighted by atomic mass is 19.2. The first-order valence-electron chi connectivity index (χ1n) is 6.49. The maximum atomic E-state index is 13.8. The summed E-state index contributed by atoms with van der Waals surface area (Å²) < 4.78 is 27.1. The minimum Gasteiger partial charge on any atom is -0.382 e. The number of fused-ring (bicyclic) bond motifs is 1. The SMILES string of the molecule is CC1CCc2cc(-c3cccc(F)c3F)ccc2N1. The van der Waals surface area contributed by atoms with Crippen molar-refractivity contribution in [3.05, 3.63) is 53.6 Å². The van der Waals surface area contributed by atoms with Crippen LogP contribution in [-0.4, -0.2) is 6.04 Å². The molecule has 1 heterocycles. The normalized spacial score (nSPS) is 17.7. The molecule has 19 heavy (non-hydrogen) atoms. The van der Waals surface area contributed by atoms with E-state index in [0.717, 1.165) is 30.2 Å². The lowest BCUT2D eigenvalue weighted by Gasteiger charge is -2.24. The van der Waals surface area contributed by atoms with E-state index in [1.165, 1.54) is 11.6 Å². The van der Waals surface area contributed by atoms with E-state index in [1.807, 2.05) is 18.2 Å². The molecule has 0 radical (unpaired) electrons. The number of hydrogen-bond acceptors (Lipinski definition) is 1. The third-order valence-electron chi connectivity index (χ3n) is 3.62. The van der Waals surface area contributed by atoms with E-state index >= 15 is 0 Å². The maximum Gasteiger partial charge on any atom is 0.166 e. The van der Waals surface area contributed by atoms with Crippen molar-refractivity contribution >= 4 is 5.69 Å². The highest BCUT2D eigenvalue weighted by Gasteiger charge is 2.16. The molecule has 1 aliphatic rings. The summed E-state index contributed by atoms with van der Waals surface area (Å²) in [4.78, 5) is 0. The second-order valence-corrected chi connectivity index (χ2v) is 5.06. The number of halogens is 2. The number of aryl methyl sites for hydroxylation is 1. The summed E-state index contributed by atoms with van der Waals surface area (Å²) in [5.74, 6) is -1.58. The van der Waals surface area contributed by atoms with Crippen molar-refractivity contribution in [2.75, 3.05) is 5.32 Å². The molecule has 3 rings (SSSR count). The third-order valence-corrected chi connectivity index (χ3v) is 3.62. The predicted octanol–water partition coefficient (Wildman–Crippen LogP) is 4.38. The van der Waals surface area contributed by atoms with Crippen LogP contribution < -0.4 is 5.32 Å². The average molecular weight is 259 g/mol. The Balaban J connectivity index is 2.05. The van der Waals surface area contributed by atoms with Crippen LogP contribution in [0.4, 0.5) is 14.5 Å². The molecule has 0 spiro atoms. The Kier molecular flexibility index (Phi) is 2.97. The van der Waals surface area contributed by atoms with Gasteiger partial charge in [0.15, 0.2) is 11.6 Å². The van der Waals surface area contributed by atoms with Crippen molar-refractivity contribution in [3.8, 4) is 11.1 Å². The summed E-state index contributed by atoms with van der Waals surface area (Å²) in [6.07, 6.45) is 2.02. The van der Waals surface area contributed by atoms with Crippen LogP contribution in [-0.2, 0) is 6.42 Å². The second-order valence-electron chi connectivity index (χ2n) is 5.06. The molecule has 1 unspecified atom stereocenters. The van der Waals surface area contributed by atoms with Gasteiger partial charge < -0.3 is 5.32 Å². The third kappa shape index (κ3) is 2.21. The Bertz CT molecular complexity index is 622. The molecule has 0 aromatic heterocycles. The quantitative estimate of drug-likeness (QED) is 0.801. The molecule has 1 aliphatic heterocycles. The smallest absolute Gasteiger partial charge is 0.166 e. The Morgan fingerprint density at radius 3 is 2.84 bits per heavy atom. The van der Waals surface area contributed by atoms with Gasteiger partial charge in [0.2, 0.25) is 0 Å². The van der Waals surface area contributed by atoms with Gasteiger partial charge in [0.25, 0.3) is 0 Å². The molecule has 1 nitrogen and oxygen atoms in total. The molecule has 3 heteroatoms. The molecule has 2 aromatic carbocycles. The van der Waals surface area contributed by atoms with Crippen LogP contribution in [0.2, 0.25) is 0 Å². The number of anilines is 1. The summed E-state index contributed by atoms with van der Waals surface area (Å²) in [6, 6.07) is 10.5. The molecular weight excluding hydrogens is 244 g/mol. The number of benzene rings is 2. The van der Waals surface area contributed by atoms with Gasteiger partial charge in [-0.15, -0.1) is 0 Å². The summed E-state index contributed by atoms with van der Waals surface area (Å²) in [6.45, 7) is 2.14. The molecule has 0 fully saturated rings. The molecule has 0 saturated carbocycles. The highest BCUT2D eigenvalue weighted by molar-refractivity contribution is 5.69. The Hall–Kier alpha value is -1.90. The molecule has 0 amide bonds. The van der Waals surface area contributed by atoms with Gasteiger partial charge in [-0.25, -0.2) is 8.78 Å². The zero-order chi connectivity index (χ0) is 13.4. The van der Waals surface area contributed by atoms with Gasteiger partial charge in [0.1, 0.15) is 0 Å². The van der Waals surface area contributed by atoms with Crippen LogP contribution >= 0.6 is 0 Å². The first-order valence-corrected chi connectivity index (χ1v) is 6.49. The van der Waals surface area contributed by atoms with E-state index in [-0.39, 0.29) is 0 Å². The van der Waals surface area contributed by atoms with Crippen LogP contribution in [0.15, 0.2) is 36.4 Å². The molecule has 0 bridgehead atoms. The topological polar surface area (TPSA) is 12.0 Å². The first-order chi connectivity index (χ1) is 9.15. The van der Waals surface area contributed by atoms with E-state index in [0.29, 0.717) is 11.6 Å². The van der Waals surface area contributed by atoms with Crippen LogP contribution in [0.5, 0.6) is 0 Å². The minimum atomic E-state index is -0.804. The van der Waals surface area contributed by atoms with Gasteiger partial charge in [-0.05, 0) is 49.1 Å². The van der Waals surface area contributed by atoms with E-state index in [4.69, 9.17) is 0 Å². The van der Waals surface area contributed by atoms with Gasteiger partial charge in [0, 0.05) is 17.3 Å². The summed E-state index contributed by atoms with van der Waals surface area (Å²) >= 11 is 0. The molecule has 0 saturated heterocycles. The van der Waals surface area contributed by atoms with Crippen LogP contribution in [0.1, 0.15) is 18.9 Å². The zero-order valence-electron chi connectivity index (χ0n) is 10.7. The average Bonchev–Trinajstić information content (AvgIpc) is 2.41. The lowest BCUT2D eigenvalue weighted by atomic mass is 9.94. The molecular formula is C16H15F2N. The van der Waals surface area contributed by atoms with Crippen molar-refractivity contribution in [1.82, 2.24) is 0 Å². The van der Waals surface area contributed by atoms with Crippen LogP contribution in [0.3, 0.4) is 0 Å². The monoisotopic (exact) mass is 259 g/mol. The Labute approximate surface area is 111 Å². The molecule has 1 atom stereocenters. The Morgan fingerprint density at radius 1 is 1.16 bits per heavy atom. The maximum absolute atomic E-state index is 13.8. The van der Waals surface area contributed by atoms with Crippen molar-refractivity contribution in [3.63, 3.8) is 0 Å². The molecule has 98 valence electrons. The van der Waals surface area contributed by atoms with Crippen molar-refractivity contribution in [2.45, 2.75) is 25.8 Å². The van der Waals surface area contributed by atoms with Gasteiger partial charge in [-0.2, -0.15) is 0 Å². The molecule has 2 aromatic rings. The van der Waals surface area contributed by atoms with Crippen molar-refractivity contribution < 1.29 is 8.78 Å². The molecule has 1 N–H and O–H groups in total. The number of hydrogen-bond donors (Lipinski definition) is 1. The van der Waals surface area contributed by atoms with Crippen molar-refractivity contribution in [2.24, 2.45) is 0 Å². The highest BCUT2D eigenvalue weighted by Crippen LogP contribution is 2.31. The summed E-state index contributed by atoms with van der Waals surface area (Å²) in [5, 5.41) is 3.40. The summed E-state index contributed by atoms with van der Waals surface area (Å²) in [7, 11) is 0. The fourth-order valence-electron chi connectivity index (χ4n) is 2.55. The predicted molar refractivity (Wildman–Crippen MR) is 73.2 cm³/mol. The second kappa shape index (κ2) is 4.65. The lowest BCUT2D eigenvalue weighted by molar-refractivity contribution is 0.511. The van der Waals surface area contributed by atoms with Crippen LogP contribution in [0.25, 0.3) is 11.1 Å². The Morgan fingerprint density at radius 2 is 2.00 bits per heavy atom. The van der Waals surface area contributed by atoms with Gasteiger partial charge in [0.05, 0.1) is 0 Å². The largest absolute Gasteiger partial charge is 0.382 e. The van der Waals surface area contributed by atoms with Gasteiger partial charge in [-0.3, -0.25) is 0 Å². The fraction of sp³-hybridized carbons (Fsp3) is 0.250. The zero-order valence-corrected chi connectivity index (χ0v) is 10.7. The molecule has 0 aliphatic carbocycles. The summed E-state index contributed by atoms with van der Waals surface area (Å²) in [5.41, 5.74) is 3.31. The lowest BCUT2D eigenvalue weighted by Crippen LogP contribution is -2.21. The van der Waals surface area contributed by atoms with E-state index in [2.05, 4.69) is 12.2 Å².